The van der Waals surface area contributed by atoms with Gasteiger partial charge in [0.05, 0.1) is 27.7 Å². The van der Waals surface area contributed by atoms with Crippen molar-refractivity contribution in [1.29, 1.82) is 0 Å². The Kier molecular flexibility index (Phi) is 5.66. The van der Waals surface area contributed by atoms with Gasteiger partial charge >= 0.3 is 0 Å². The molecule has 0 bridgehead atoms. The van der Waals surface area contributed by atoms with Crippen LogP contribution >= 0.6 is 0 Å². The molecule has 1 spiro atoms. The summed E-state index contributed by atoms with van der Waals surface area (Å²) >= 11 is 0. The molecule has 2 aromatic heterocycles. The first kappa shape index (κ1) is 28.4. The Labute approximate surface area is 302 Å². The highest BCUT2D eigenvalue weighted by Gasteiger charge is 2.56. The average molecular weight is 667 g/mol. The molecular weight excluding hydrogens is 633 g/mol. The summed E-state index contributed by atoms with van der Waals surface area (Å²) in [6, 6.07) is 53.5. The van der Waals surface area contributed by atoms with Crippen molar-refractivity contribution in [3.8, 4) is 17.1 Å². The summed E-state index contributed by atoms with van der Waals surface area (Å²) in [5.41, 5.74) is 13.8. The van der Waals surface area contributed by atoms with Gasteiger partial charge in [-0.3, -0.25) is 0 Å². The van der Waals surface area contributed by atoms with Gasteiger partial charge in [-0.25, -0.2) is 0 Å². The fraction of sp³-hybridized carbons (Fsp3) is 0.102. The Morgan fingerprint density at radius 3 is 2.19 bits per heavy atom. The van der Waals surface area contributed by atoms with E-state index < -0.39 is 0 Å². The standard InChI is InChI=1S/C49H34N2O/c1-2-13-33(14-3-1)50-42-21-8-5-16-35(42)37-29-31(26-28-44(37)50)32-25-27-40-47(30-32)52-46-24-11-7-19-39(46)49(40)38-18-6-10-23-45(38)51-43-22-9-4-15-34(43)36-17-12-20-41(49)48(36)51/h1-19,21-29,32,41H,20,30H2. The van der Waals surface area contributed by atoms with Crippen LogP contribution in [0.5, 0.6) is 5.75 Å². The first-order valence-corrected chi connectivity index (χ1v) is 18.5. The summed E-state index contributed by atoms with van der Waals surface area (Å²) in [6.45, 7) is 0. The quantitative estimate of drug-likeness (QED) is 0.180. The molecule has 12 rings (SSSR count). The van der Waals surface area contributed by atoms with Crippen molar-refractivity contribution >= 4 is 38.8 Å². The monoisotopic (exact) mass is 666 g/mol. The number of nitrogens with zero attached hydrogens (tertiary/aromatic N) is 2. The lowest BCUT2D eigenvalue weighted by Crippen LogP contribution is -2.45. The van der Waals surface area contributed by atoms with Crippen LogP contribution in [0, 0.1) is 0 Å². The van der Waals surface area contributed by atoms with Gasteiger partial charge in [0.1, 0.15) is 11.5 Å². The summed E-state index contributed by atoms with van der Waals surface area (Å²) in [4.78, 5) is 0. The van der Waals surface area contributed by atoms with Crippen LogP contribution in [0.2, 0.25) is 0 Å². The van der Waals surface area contributed by atoms with Crippen molar-refractivity contribution in [2.24, 2.45) is 0 Å². The van der Waals surface area contributed by atoms with Crippen LogP contribution in [0.3, 0.4) is 0 Å². The molecule has 3 heteroatoms. The zero-order chi connectivity index (χ0) is 34.0. The Morgan fingerprint density at radius 1 is 0.596 bits per heavy atom. The van der Waals surface area contributed by atoms with E-state index in [1.54, 1.807) is 0 Å². The van der Waals surface area contributed by atoms with Crippen molar-refractivity contribution in [2.75, 3.05) is 0 Å². The number of ether oxygens (including phenoxy) is 1. The molecule has 4 aliphatic rings. The number of para-hydroxylation sites is 5. The van der Waals surface area contributed by atoms with E-state index in [2.05, 4.69) is 179 Å². The number of allylic oxidation sites excluding steroid dienone is 5. The maximum absolute atomic E-state index is 7.04. The molecule has 2 aliphatic carbocycles. The normalized spacial score (nSPS) is 20.9. The molecule has 6 aromatic carbocycles. The molecule has 0 N–H and O–H groups in total. The third-order valence-corrected chi connectivity index (χ3v) is 12.3. The van der Waals surface area contributed by atoms with Gasteiger partial charge in [-0.15, -0.1) is 0 Å². The molecule has 3 nitrogen and oxygen atoms in total. The van der Waals surface area contributed by atoms with Crippen LogP contribution in [0.1, 0.15) is 52.6 Å². The van der Waals surface area contributed by atoms with Gasteiger partial charge in [-0.1, -0.05) is 121 Å². The van der Waals surface area contributed by atoms with Gasteiger partial charge < -0.3 is 13.9 Å². The highest BCUT2D eigenvalue weighted by atomic mass is 16.5. The lowest BCUT2D eigenvalue weighted by atomic mass is 9.55. The minimum absolute atomic E-state index is 0.191. The number of hydrogen-bond donors (Lipinski definition) is 0. The Bertz CT molecular complexity index is 2900. The number of hydrogen-bond acceptors (Lipinski definition) is 1. The van der Waals surface area contributed by atoms with Gasteiger partial charge in [-0.2, -0.15) is 0 Å². The van der Waals surface area contributed by atoms with Gasteiger partial charge in [0.2, 0.25) is 0 Å². The smallest absolute Gasteiger partial charge is 0.131 e. The maximum Gasteiger partial charge on any atom is 0.131 e. The van der Waals surface area contributed by atoms with E-state index in [0.29, 0.717) is 0 Å². The second kappa shape index (κ2) is 10.4. The molecule has 0 saturated carbocycles. The lowest BCUT2D eigenvalue weighted by molar-refractivity contribution is 0.320. The second-order valence-corrected chi connectivity index (χ2v) is 14.7. The molecule has 52 heavy (non-hydrogen) atoms. The van der Waals surface area contributed by atoms with Gasteiger partial charge in [-0.05, 0) is 66.1 Å². The van der Waals surface area contributed by atoms with Crippen molar-refractivity contribution in [1.82, 2.24) is 9.13 Å². The molecular formula is C49H34N2O. The summed E-state index contributed by atoms with van der Waals surface area (Å²) in [7, 11) is 0. The number of rotatable bonds is 2. The third-order valence-electron chi connectivity index (χ3n) is 12.3. The molecule has 8 aromatic rings. The topological polar surface area (TPSA) is 19.1 Å². The van der Waals surface area contributed by atoms with E-state index in [0.717, 1.165) is 24.4 Å². The largest absolute Gasteiger partial charge is 0.461 e. The molecule has 246 valence electrons. The predicted molar refractivity (Wildman–Crippen MR) is 212 cm³/mol. The van der Waals surface area contributed by atoms with E-state index in [9.17, 15) is 0 Å². The van der Waals surface area contributed by atoms with Gasteiger partial charge in [0, 0.05) is 62.5 Å². The predicted octanol–water partition coefficient (Wildman–Crippen LogP) is 11.9. The van der Waals surface area contributed by atoms with Crippen LogP contribution in [-0.2, 0) is 5.41 Å². The van der Waals surface area contributed by atoms with Crippen LogP contribution in [-0.4, -0.2) is 9.13 Å². The van der Waals surface area contributed by atoms with Crippen molar-refractivity contribution in [3.63, 3.8) is 0 Å². The summed E-state index contributed by atoms with van der Waals surface area (Å²) < 4.78 is 12.0. The molecule has 4 heterocycles. The van der Waals surface area contributed by atoms with Crippen molar-refractivity contribution in [2.45, 2.75) is 30.1 Å². The van der Waals surface area contributed by atoms with E-state index in [-0.39, 0.29) is 17.3 Å². The fourth-order valence-corrected chi connectivity index (χ4v) is 10.3. The zero-order valence-electron chi connectivity index (χ0n) is 28.5. The van der Waals surface area contributed by atoms with Gasteiger partial charge in [0.25, 0.3) is 0 Å². The van der Waals surface area contributed by atoms with E-state index in [1.807, 2.05) is 0 Å². The number of fused-ring (bicyclic) bond motifs is 13. The maximum atomic E-state index is 7.04. The molecule has 0 radical (unpaired) electrons. The number of benzene rings is 6. The van der Waals surface area contributed by atoms with Crippen LogP contribution in [0.15, 0.2) is 175 Å². The Balaban J connectivity index is 1.05. The van der Waals surface area contributed by atoms with Crippen molar-refractivity contribution in [3.05, 3.63) is 203 Å². The molecule has 0 fully saturated rings. The Morgan fingerprint density at radius 2 is 1.31 bits per heavy atom. The first-order chi connectivity index (χ1) is 25.8. The Hall–Kier alpha value is -6.32. The van der Waals surface area contributed by atoms with E-state index >= 15 is 0 Å². The van der Waals surface area contributed by atoms with Crippen LogP contribution in [0.4, 0.5) is 0 Å². The van der Waals surface area contributed by atoms with E-state index in [4.69, 9.17) is 4.74 Å². The summed E-state index contributed by atoms with van der Waals surface area (Å²) in [6.07, 6.45) is 11.4. The van der Waals surface area contributed by atoms with Crippen molar-refractivity contribution < 1.29 is 4.74 Å². The summed E-state index contributed by atoms with van der Waals surface area (Å²) in [5.74, 6) is 2.48. The molecule has 0 saturated heterocycles. The molecule has 3 unspecified atom stereocenters. The molecule has 3 atom stereocenters. The molecule has 0 amide bonds. The zero-order valence-corrected chi connectivity index (χ0v) is 28.5. The second-order valence-electron chi connectivity index (χ2n) is 14.7. The fourth-order valence-electron chi connectivity index (χ4n) is 10.3. The minimum atomic E-state index is -0.390. The van der Waals surface area contributed by atoms with Crippen LogP contribution in [0.25, 0.3) is 50.2 Å². The summed E-state index contributed by atoms with van der Waals surface area (Å²) in [5, 5.41) is 3.88. The number of aromatic nitrogens is 2. The van der Waals surface area contributed by atoms with Crippen LogP contribution < -0.4 is 4.74 Å². The lowest BCUT2D eigenvalue weighted by Gasteiger charge is -2.51. The SMILES string of the molecule is C1=Cc2c3n(c4ccccc24)-c2ccccc2C2(C4=C(CC(c5ccc6c(c5)c5ccccc5n6-c5ccccc5)C=C4)Oc4ccccc42)C3C1. The minimum Gasteiger partial charge on any atom is -0.461 e. The highest BCUT2D eigenvalue weighted by molar-refractivity contribution is 6.09. The van der Waals surface area contributed by atoms with Gasteiger partial charge in [0.15, 0.2) is 0 Å². The first-order valence-electron chi connectivity index (χ1n) is 18.5. The molecule has 2 aliphatic heterocycles. The van der Waals surface area contributed by atoms with E-state index in [1.165, 1.54) is 77.6 Å². The average Bonchev–Trinajstić information content (AvgIpc) is 3.73. The third kappa shape index (κ3) is 3.55. The highest BCUT2D eigenvalue weighted by Crippen LogP contribution is 2.64.